The Balaban J connectivity index is 1.40. The number of carbonyl (C=O) groups excluding carboxylic acids is 2. The number of hydrogen-bond acceptors (Lipinski definition) is 9. The quantitative estimate of drug-likeness (QED) is 0.0726. The minimum atomic E-state index is -1.04. The number of unbranched alkanes of at least 4 members (excludes halogenated alkanes) is 2. The summed E-state index contributed by atoms with van der Waals surface area (Å²) in [7, 11) is 0. The fourth-order valence-corrected chi connectivity index (χ4v) is 5.62. The average Bonchev–Trinajstić information content (AvgIpc) is 3.03. The molecule has 2 aromatic carbocycles. The first-order valence-electron chi connectivity index (χ1n) is 14.0. The van der Waals surface area contributed by atoms with Gasteiger partial charge >= 0.3 is 5.97 Å². The number of rotatable bonds is 14. The third kappa shape index (κ3) is 9.60. The maximum Gasteiger partial charge on any atom is 0.338 e. The molecule has 2 heterocycles. The van der Waals surface area contributed by atoms with Crippen LogP contribution in [0.1, 0.15) is 78.0 Å². The van der Waals surface area contributed by atoms with Gasteiger partial charge in [0.05, 0.1) is 24.4 Å². The number of ether oxygens (including phenoxy) is 2. The molecule has 12 heteroatoms. The lowest BCUT2D eigenvalue weighted by atomic mass is 10.0. The van der Waals surface area contributed by atoms with Crippen molar-refractivity contribution in [1.82, 2.24) is 10.5 Å². The van der Waals surface area contributed by atoms with E-state index in [0.717, 1.165) is 16.7 Å². The van der Waals surface area contributed by atoms with Crippen LogP contribution < -0.4 is 10.8 Å². The summed E-state index contributed by atoms with van der Waals surface area (Å²) in [6, 6.07) is 17.9. The molecular weight excluding hydrogens is 574 g/mol. The zero-order valence-corrected chi connectivity index (χ0v) is 24.3. The van der Waals surface area contributed by atoms with Crippen LogP contribution in [0.2, 0.25) is 0 Å². The number of carbonyl (C=O) groups is 3. The molecule has 2 amide bonds. The molecule has 0 aliphatic carbocycles. The molecule has 1 aliphatic rings. The fourth-order valence-electron chi connectivity index (χ4n) is 4.61. The number of nitrogens with one attached hydrogen (secondary N) is 2. The van der Waals surface area contributed by atoms with E-state index in [2.05, 4.69) is 10.3 Å². The number of carboxylic acids is 1. The van der Waals surface area contributed by atoms with Crippen LogP contribution in [0.3, 0.4) is 0 Å². The summed E-state index contributed by atoms with van der Waals surface area (Å²) in [4.78, 5) is 39.3. The van der Waals surface area contributed by atoms with E-state index >= 15 is 0 Å². The lowest BCUT2D eigenvalue weighted by Gasteiger charge is -2.36. The first-order valence-corrected chi connectivity index (χ1v) is 15.0. The Morgan fingerprint density at radius 3 is 2.28 bits per heavy atom. The molecule has 228 valence electrons. The Bertz CT molecular complexity index is 1370. The van der Waals surface area contributed by atoms with Crippen LogP contribution in [-0.4, -0.2) is 50.0 Å². The summed E-state index contributed by atoms with van der Waals surface area (Å²) in [5.41, 5.74) is 4.85. The molecule has 11 nitrogen and oxygen atoms in total. The van der Waals surface area contributed by atoms with Gasteiger partial charge in [-0.3, -0.25) is 14.8 Å². The van der Waals surface area contributed by atoms with Crippen molar-refractivity contribution < 1.29 is 39.3 Å². The Kier molecular flexibility index (Phi) is 12.1. The number of benzene rings is 2. The minimum absolute atomic E-state index is 0.0565. The van der Waals surface area contributed by atoms with Crippen molar-refractivity contribution in [1.29, 1.82) is 0 Å². The highest BCUT2D eigenvalue weighted by atomic mass is 32.2. The largest absolute Gasteiger partial charge is 0.478 e. The lowest BCUT2D eigenvalue weighted by molar-refractivity contribution is -0.245. The van der Waals surface area contributed by atoms with Gasteiger partial charge in [0.1, 0.15) is 5.03 Å². The van der Waals surface area contributed by atoms with Gasteiger partial charge in [-0.25, -0.2) is 15.3 Å². The number of nitrogens with zero attached hydrogens (tertiary/aromatic N) is 1. The van der Waals surface area contributed by atoms with Crippen molar-refractivity contribution in [3.8, 4) is 0 Å². The lowest BCUT2D eigenvalue weighted by Crippen LogP contribution is -2.31. The molecule has 0 radical (unpaired) electrons. The van der Waals surface area contributed by atoms with E-state index in [1.165, 1.54) is 17.8 Å². The van der Waals surface area contributed by atoms with Crippen LogP contribution in [0, 0.1) is 0 Å². The SMILES string of the molecule is O=C(CCCCCC(=O)Nc1ccc([C@H]2O[C@@H](CSc3ncccc3C(=O)O)C[C@@H](c3ccc(CO)cc3)O2)cc1)NO. The molecular formula is C31H35N3O8S. The van der Waals surface area contributed by atoms with Crippen molar-refractivity contribution in [2.24, 2.45) is 0 Å². The van der Waals surface area contributed by atoms with Crippen molar-refractivity contribution in [3.05, 3.63) is 89.1 Å². The standard InChI is InChI=1S/C31H35N3O8S/c35-18-20-8-10-21(11-9-20)26-17-24(19-43-29-25(30(38)39)5-4-16-32-29)41-31(42-26)22-12-14-23(15-13-22)33-27(36)6-2-1-3-7-28(37)34-40/h4-5,8-16,24,26,31,35,40H,1-3,6-7,17-19H2,(H,33,36)(H,34,37)(H,38,39)/t24-,26+,31+/m1/s1. The van der Waals surface area contributed by atoms with Crippen LogP contribution in [0.15, 0.2) is 71.9 Å². The van der Waals surface area contributed by atoms with E-state index in [1.807, 2.05) is 36.4 Å². The predicted molar refractivity (Wildman–Crippen MR) is 158 cm³/mol. The van der Waals surface area contributed by atoms with Crippen LogP contribution in [0.25, 0.3) is 0 Å². The number of anilines is 1. The highest BCUT2D eigenvalue weighted by Gasteiger charge is 2.32. The Hall–Kier alpha value is -3.81. The van der Waals surface area contributed by atoms with E-state index in [0.29, 0.717) is 48.6 Å². The van der Waals surface area contributed by atoms with Crippen molar-refractivity contribution in [2.45, 2.75) is 68.7 Å². The molecule has 1 aromatic heterocycles. The summed E-state index contributed by atoms with van der Waals surface area (Å²) in [6.45, 7) is -0.0565. The molecule has 1 saturated heterocycles. The van der Waals surface area contributed by atoms with Crippen molar-refractivity contribution >= 4 is 35.2 Å². The highest BCUT2D eigenvalue weighted by Crippen LogP contribution is 2.39. The van der Waals surface area contributed by atoms with Gasteiger partial charge in [-0.1, -0.05) is 42.8 Å². The number of thioether (sulfide) groups is 1. The molecule has 43 heavy (non-hydrogen) atoms. The molecule has 3 aromatic rings. The third-order valence-electron chi connectivity index (χ3n) is 6.92. The van der Waals surface area contributed by atoms with Gasteiger partial charge in [0.25, 0.3) is 0 Å². The van der Waals surface area contributed by atoms with E-state index < -0.39 is 18.2 Å². The molecule has 0 bridgehead atoms. The number of aromatic carboxylic acids is 1. The highest BCUT2D eigenvalue weighted by molar-refractivity contribution is 7.99. The zero-order chi connectivity index (χ0) is 30.6. The van der Waals surface area contributed by atoms with E-state index in [4.69, 9.17) is 14.7 Å². The number of aromatic nitrogens is 1. The number of hydrogen-bond donors (Lipinski definition) is 5. The second-order valence-corrected chi connectivity index (χ2v) is 11.1. The van der Waals surface area contributed by atoms with Crippen LogP contribution in [0.4, 0.5) is 5.69 Å². The van der Waals surface area contributed by atoms with Crippen molar-refractivity contribution in [3.63, 3.8) is 0 Å². The minimum Gasteiger partial charge on any atom is -0.478 e. The first kappa shape index (κ1) is 32.1. The number of aliphatic hydroxyl groups is 1. The maximum atomic E-state index is 12.4. The number of carboxylic acid groups (broad SMARTS) is 1. The average molecular weight is 610 g/mol. The van der Waals surface area contributed by atoms with Crippen LogP contribution >= 0.6 is 11.8 Å². The van der Waals surface area contributed by atoms with Gasteiger partial charge in [0.2, 0.25) is 11.8 Å². The molecule has 4 rings (SSSR count). The number of aliphatic hydroxyl groups excluding tert-OH is 1. The normalized spacial score (nSPS) is 18.1. The predicted octanol–water partition coefficient (Wildman–Crippen LogP) is 5.00. The number of amides is 2. The Morgan fingerprint density at radius 1 is 0.907 bits per heavy atom. The molecule has 0 unspecified atom stereocenters. The summed E-state index contributed by atoms with van der Waals surface area (Å²) in [6.07, 6.45) is 3.24. The Morgan fingerprint density at radius 2 is 1.60 bits per heavy atom. The maximum absolute atomic E-state index is 12.4. The van der Waals surface area contributed by atoms with Gasteiger partial charge in [0.15, 0.2) is 6.29 Å². The van der Waals surface area contributed by atoms with Gasteiger partial charge in [0, 0.05) is 42.5 Å². The van der Waals surface area contributed by atoms with Crippen LogP contribution in [-0.2, 0) is 25.7 Å². The molecule has 0 spiro atoms. The zero-order valence-electron chi connectivity index (χ0n) is 23.5. The molecule has 5 N–H and O–H groups in total. The van der Waals surface area contributed by atoms with E-state index in [1.54, 1.807) is 29.9 Å². The van der Waals surface area contributed by atoms with Crippen LogP contribution in [0.5, 0.6) is 0 Å². The smallest absolute Gasteiger partial charge is 0.338 e. The number of hydroxylamine groups is 1. The summed E-state index contributed by atoms with van der Waals surface area (Å²) in [5, 5.41) is 30.8. The first-order chi connectivity index (χ1) is 20.9. The summed E-state index contributed by atoms with van der Waals surface area (Å²) < 4.78 is 12.7. The fraction of sp³-hybridized carbons (Fsp3) is 0.355. The molecule has 1 fully saturated rings. The molecule has 1 aliphatic heterocycles. The van der Waals surface area contributed by atoms with Gasteiger partial charge in [-0.2, -0.15) is 0 Å². The van der Waals surface area contributed by atoms with E-state index in [-0.39, 0.29) is 36.7 Å². The number of pyridine rings is 1. The summed E-state index contributed by atoms with van der Waals surface area (Å²) in [5.74, 6) is -1.15. The van der Waals surface area contributed by atoms with E-state index in [9.17, 15) is 24.6 Å². The molecule has 3 atom stereocenters. The summed E-state index contributed by atoms with van der Waals surface area (Å²) >= 11 is 1.32. The second kappa shape index (κ2) is 16.1. The topological polar surface area (TPSA) is 167 Å². The molecule has 0 saturated carbocycles. The van der Waals surface area contributed by atoms with Gasteiger partial charge < -0.3 is 25.0 Å². The third-order valence-corrected chi connectivity index (χ3v) is 8.06. The van der Waals surface area contributed by atoms with Gasteiger partial charge in [-0.15, -0.1) is 11.8 Å². The second-order valence-electron chi connectivity index (χ2n) is 10.1. The monoisotopic (exact) mass is 609 g/mol. The van der Waals surface area contributed by atoms with Crippen molar-refractivity contribution in [2.75, 3.05) is 11.1 Å². The van der Waals surface area contributed by atoms with Gasteiger partial charge in [-0.05, 0) is 48.2 Å². The Labute approximate surface area is 253 Å².